The molecule has 0 bridgehead atoms. The molecule has 6 heteroatoms. The van der Waals surface area contributed by atoms with Crippen LogP contribution in [0.5, 0.6) is 5.75 Å². The van der Waals surface area contributed by atoms with Crippen LogP contribution >= 0.6 is 0 Å². The third-order valence-electron chi connectivity index (χ3n) is 4.36. The van der Waals surface area contributed by atoms with Gasteiger partial charge in [0.05, 0.1) is 7.11 Å². The zero-order valence-corrected chi connectivity index (χ0v) is 14.0. The highest BCUT2D eigenvalue weighted by Gasteiger charge is 2.22. The maximum atomic E-state index is 12.1. The Morgan fingerprint density at radius 3 is 2.54 bits per heavy atom. The number of carbonyl (C=O) groups excluding carboxylic acids is 1. The van der Waals surface area contributed by atoms with Crippen LogP contribution in [0.1, 0.15) is 43.7 Å². The standard InChI is InChI=1S/C18H25NO5/c1-23-15-7-5-14(6-8-15)17(18(21)22)19-16(20)4-2-3-13-9-11-24-12-10-13/h5-8,13,17H,2-4,9-12H2,1H3,(H,19,20)(H,21,22). The zero-order valence-electron chi connectivity index (χ0n) is 14.0. The molecule has 1 unspecified atom stereocenters. The van der Waals surface area contributed by atoms with Crippen molar-refractivity contribution in [1.82, 2.24) is 5.32 Å². The van der Waals surface area contributed by atoms with Gasteiger partial charge in [0.25, 0.3) is 0 Å². The largest absolute Gasteiger partial charge is 0.497 e. The first-order valence-corrected chi connectivity index (χ1v) is 8.34. The summed E-state index contributed by atoms with van der Waals surface area (Å²) in [6.45, 7) is 1.60. The number of carbonyl (C=O) groups is 2. The van der Waals surface area contributed by atoms with E-state index in [1.165, 1.54) is 0 Å². The molecule has 1 amide bonds. The minimum absolute atomic E-state index is 0.231. The molecular formula is C18H25NO5. The van der Waals surface area contributed by atoms with E-state index < -0.39 is 12.0 Å². The molecule has 0 radical (unpaired) electrons. The summed E-state index contributed by atoms with van der Waals surface area (Å²) < 4.78 is 10.4. The summed E-state index contributed by atoms with van der Waals surface area (Å²) in [7, 11) is 1.55. The lowest BCUT2D eigenvalue weighted by molar-refractivity contribution is -0.142. The Balaban J connectivity index is 1.82. The van der Waals surface area contributed by atoms with Crippen LogP contribution in [0.25, 0.3) is 0 Å². The number of hydrogen-bond acceptors (Lipinski definition) is 4. The van der Waals surface area contributed by atoms with Gasteiger partial charge < -0.3 is 19.9 Å². The molecule has 0 aromatic heterocycles. The fourth-order valence-corrected chi connectivity index (χ4v) is 2.90. The number of rotatable bonds is 8. The van der Waals surface area contributed by atoms with Crippen LogP contribution in [-0.2, 0) is 14.3 Å². The predicted molar refractivity (Wildman–Crippen MR) is 88.9 cm³/mol. The molecule has 1 heterocycles. The third kappa shape index (κ3) is 5.53. The van der Waals surface area contributed by atoms with Gasteiger partial charge in [-0.3, -0.25) is 4.79 Å². The van der Waals surface area contributed by atoms with Crippen LogP contribution < -0.4 is 10.1 Å². The number of hydrogen-bond donors (Lipinski definition) is 2. The fraction of sp³-hybridized carbons (Fsp3) is 0.556. The average Bonchev–Trinajstić information content (AvgIpc) is 2.60. The maximum Gasteiger partial charge on any atom is 0.330 e. The van der Waals surface area contributed by atoms with Crippen LogP contribution in [0.2, 0.25) is 0 Å². The Labute approximate surface area is 142 Å². The molecule has 1 aliphatic rings. The minimum Gasteiger partial charge on any atom is -0.497 e. The number of ether oxygens (including phenoxy) is 2. The topological polar surface area (TPSA) is 84.9 Å². The van der Waals surface area contributed by atoms with Gasteiger partial charge in [-0.05, 0) is 49.3 Å². The van der Waals surface area contributed by atoms with Crippen LogP contribution in [0.4, 0.5) is 0 Å². The normalized spacial score (nSPS) is 16.4. The SMILES string of the molecule is COc1ccc(C(NC(=O)CCCC2CCOCC2)C(=O)O)cc1. The van der Waals surface area contributed by atoms with Gasteiger partial charge in [0.15, 0.2) is 6.04 Å². The van der Waals surface area contributed by atoms with Gasteiger partial charge in [0.2, 0.25) is 5.91 Å². The molecular weight excluding hydrogens is 310 g/mol. The predicted octanol–water partition coefficient (Wildman–Crippen LogP) is 2.53. The summed E-state index contributed by atoms with van der Waals surface area (Å²) >= 11 is 0. The van der Waals surface area contributed by atoms with Crippen molar-refractivity contribution < 1.29 is 24.2 Å². The van der Waals surface area contributed by atoms with Gasteiger partial charge in [0.1, 0.15) is 5.75 Å². The summed E-state index contributed by atoms with van der Waals surface area (Å²) in [5, 5.41) is 12.0. The molecule has 1 saturated heterocycles. The van der Waals surface area contributed by atoms with Crippen molar-refractivity contribution in [1.29, 1.82) is 0 Å². The van der Waals surface area contributed by atoms with E-state index in [-0.39, 0.29) is 5.91 Å². The highest BCUT2D eigenvalue weighted by molar-refractivity contribution is 5.84. The van der Waals surface area contributed by atoms with E-state index in [0.717, 1.165) is 38.9 Å². The van der Waals surface area contributed by atoms with E-state index in [0.29, 0.717) is 23.7 Å². The molecule has 0 aliphatic carbocycles. The smallest absolute Gasteiger partial charge is 0.330 e. The Kier molecular flexibility index (Phi) is 7.06. The van der Waals surface area contributed by atoms with Crippen molar-refractivity contribution in [3.63, 3.8) is 0 Å². The Hall–Kier alpha value is -2.08. The lowest BCUT2D eigenvalue weighted by Gasteiger charge is -2.21. The van der Waals surface area contributed by atoms with Crippen molar-refractivity contribution in [2.24, 2.45) is 5.92 Å². The van der Waals surface area contributed by atoms with Crippen LogP contribution in [-0.4, -0.2) is 37.3 Å². The third-order valence-corrected chi connectivity index (χ3v) is 4.36. The van der Waals surface area contributed by atoms with Gasteiger partial charge in [0, 0.05) is 19.6 Å². The van der Waals surface area contributed by atoms with E-state index in [1.54, 1.807) is 31.4 Å². The first kappa shape index (κ1) is 18.3. The Bertz CT molecular complexity index is 537. The van der Waals surface area contributed by atoms with Crippen molar-refractivity contribution in [3.05, 3.63) is 29.8 Å². The number of carboxylic acids is 1. The molecule has 0 saturated carbocycles. The maximum absolute atomic E-state index is 12.1. The molecule has 24 heavy (non-hydrogen) atoms. The number of carboxylic acid groups (broad SMARTS) is 1. The number of methoxy groups -OCH3 is 1. The molecule has 1 aliphatic heterocycles. The zero-order chi connectivity index (χ0) is 17.4. The molecule has 2 rings (SSSR count). The van der Waals surface area contributed by atoms with Crippen LogP contribution in [0, 0.1) is 5.92 Å². The van der Waals surface area contributed by atoms with E-state index in [2.05, 4.69) is 5.32 Å². The van der Waals surface area contributed by atoms with Crippen molar-refractivity contribution >= 4 is 11.9 Å². The summed E-state index contributed by atoms with van der Waals surface area (Å²) in [4.78, 5) is 23.5. The minimum atomic E-state index is -1.07. The number of aliphatic carboxylic acids is 1. The summed E-state index contributed by atoms with van der Waals surface area (Å²) in [5.74, 6) is -0.0442. The van der Waals surface area contributed by atoms with E-state index in [4.69, 9.17) is 9.47 Å². The molecule has 2 N–H and O–H groups in total. The Morgan fingerprint density at radius 2 is 1.96 bits per heavy atom. The highest BCUT2D eigenvalue weighted by Crippen LogP contribution is 2.21. The first-order chi connectivity index (χ1) is 11.6. The molecule has 0 spiro atoms. The fourth-order valence-electron chi connectivity index (χ4n) is 2.90. The second kappa shape index (κ2) is 9.27. The second-order valence-electron chi connectivity index (χ2n) is 6.06. The second-order valence-corrected chi connectivity index (χ2v) is 6.06. The summed E-state index contributed by atoms with van der Waals surface area (Å²) in [5.41, 5.74) is 0.529. The first-order valence-electron chi connectivity index (χ1n) is 8.34. The molecule has 6 nitrogen and oxygen atoms in total. The molecule has 132 valence electrons. The Morgan fingerprint density at radius 1 is 1.29 bits per heavy atom. The van der Waals surface area contributed by atoms with Gasteiger partial charge in [-0.25, -0.2) is 4.79 Å². The molecule has 1 aromatic carbocycles. The van der Waals surface area contributed by atoms with Gasteiger partial charge >= 0.3 is 5.97 Å². The highest BCUT2D eigenvalue weighted by atomic mass is 16.5. The summed E-state index contributed by atoms with van der Waals surface area (Å²) in [6, 6.07) is 5.64. The van der Waals surface area contributed by atoms with Crippen LogP contribution in [0.15, 0.2) is 24.3 Å². The van der Waals surface area contributed by atoms with Crippen molar-refractivity contribution in [2.75, 3.05) is 20.3 Å². The van der Waals surface area contributed by atoms with Crippen LogP contribution in [0.3, 0.4) is 0 Å². The summed E-state index contributed by atoms with van der Waals surface area (Å²) in [6.07, 6.45) is 4.19. The monoisotopic (exact) mass is 335 g/mol. The number of benzene rings is 1. The average molecular weight is 335 g/mol. The lowest BCUT2D eigenvalue weighted by Crippen LogP contribution is -2.33. The van der Waals surface area contributed by atoms with E-state index in [9.17, 15) is 14.7 Å². The van der Waals surface area contributed by atoms with Gasteiger partial charge in [-0.2, -0.15) is 0 Å². The lowest BCUT2D eigenvalue weighted by atomic mass is 9.94. The van der Waals surface area contributed by atoms with Crippen molar-refractivity contribution in [2.45, 2.75) is 38.1 Å². The molecule has 1 aromatic rings. The number of amides is 1. The van der Waals surface area contributed by atoms with E-state index >= 15 is 0 Å². The molecule has 1 atom stereocenters. The molecule has 1 fully saturated rings. The number of nitrogens with one attached hydrogen (secondary N) is 1. The van der Waals surface area contributed by atoms with Gasteiger partial charge in [-0.1, -0.05) is 12.1 Å². The van der Waals surface area contributed by atoms with Crippen molar-refractivity contribution in [3.8, 4) is 5.75 Å². The van der Waals surface area contributed by atoms with E-state index in [1.807, 2.05) is 0 Å². The van der Waals surface area contributed by atoms with Gasteiger partial charge in [-0.15, -0.1) is 0 Å². The quantitative estimate of drug-likeness (QED) is 0.762.